The molecule has 1 aliphatic carbocycles. The average Bonchev–Trinajstić information content (AvgIpc) is 3.05. The summed E-state index contributed by atoms with van der Waals surface area (Å²) in [4.78, 5) is 11.0. The highest BCUT2D eigenvalue weighted by molar-refractivity contribution is 5.77. The molecule has 120 valence electrons. The number of benzene rings is 1. The van der Waals surface area contributed by atoms with Gasteiger partial charge in [-0.3, -0.25) is 4.79 Å². The lowest BCUT2D eigenvalue weighted by Gasteiger charge is -2.12. The van der Waals surface area contributed by atoms with Crippen LogP contribution in [0, 0.1) is 11.8 Å². The fourth-order valence-corrected chi connectivity index (χ4v) is 2.62. The van der Waals surface area contributed by atoms with Gasteiger partial charge in [-0.05, 0) is 44.1 Å². The Labute approximate surface area is 139 Å². The van der Waals surface area contributed by atoms with E-state index in [1.807, 2.05) is 24.3 Å². The van der Waals surface area contributed by atoms with Crippen LogP contribution in [-0.4, -0.2) is 12.4 Å². The summed E-state index contributed by atoms with van der Waals surface area (Å²) in [6.45, 7) is 4.32. The van der Waals surface area contributed by atoms with Crippen LogP contribution >= 0.6 is 0 Å². The lowest BCUT2D eigenvalue weighted by molar-refractivity contribution is -0.105. The second-order valence-corrected chi connectivity index (χ2v) is 5.75. The van der Waals surface area contributed by atoms with Crippen LogP contribution in [-0.2, 0) is 16.1 Å². The monoisotopic (exact) mass is 308 g/mol. The predicted octanol–water partition coefficient (Wildman–Crippen LogP) is 4.61. The van der Waals surface area contributed by atoms with Crippen molar-refractivity contribution in [2.75, 3.05) is 0 Å². The Morgan fingerprint density at radius 1 is 1.26 bits per heavy atom. The standard InChI is InChI=1S/C21H24O2/c1-2-3-5-13-21(23-17-18-9-6-4-7-10-18)15-14-19-11-8-12-20(19)16-22/h2,4,6-7,9-10,16,21H,1,3,5,8,11-13,17H2. The number of unbranched alkanes of at least 4 members (excludes halogenated alkanes) is 1. The van der Waals surface area contributed by atoms with Crippen molar-refractivity contribution in [3.63, 3.8) is 0 Å². The third-order valence-corrected chi connectivity index (χ3v) is 3.96. The van der Waals surface area contributed by atoms with E-state index in [0.29, 0.717) is 6.61 Å². The molecule has 0 fully saturated rings. The number of carbonyl (C=O) groups is 1. The maximum atomic E-state index is 11.0. The third kappa shape index (κ3) is 5.88. The van der Waals surface area contributed by atoms with E-state index < -0.39 is 0 Å². The summed E-state index contributed by atoms with van der Waals surface area (Å²) < 4.78 is 5.98. The SMILES string of the molecule is C=CCCCC(C#CC1=C(C=O)CCC1)OCc1ccccc1. The van der Waals surface area contributed by atoms with Crippen LogP contribution in [0.1, 0.15) is 44.1 Å². The lowest BCUT2D eigenvalue weighted by atomic mass is 10.1. The predicted molar refractivity (Wildman–Crippen MR) is 93.8 cm³/mol. The lowest BCUT2D eigenvalue weighted by Crippen LogP contribution is -2.10. The maximum Gasteiger partial charge on any atom is 0.146 e. The second kappa shape index (κ2) is 9.82. The van der Waals surface area contributed by atoms with E-state index >= 15 is 0 Å². The van der Waals surface area contributed by atoms with Gasteiger partial charge in [0.15, 0.2) is 0 Å². The van der Waals surface area contributed by atoms with Crippen LogP contribution in [0.2, 0.25) is 0 Å². The van der Waals surface area contributed by atoms with Crippen LogP contribution < -0.4 is 0 Å². The molecule has 2 heteroatoms. The van der Waals surface area contributed by atoms with Crippen LogP contribution in [0.4, 0.5) is 0 Å². The number of carbonyl (C=O) groups excluding carboxylic acids is 1. The Bertz CT molecular complexity index is 602. The molecule has 0 radical (unpaired) electrons. The van der Waals surface area contributed by atoms with Gasteiger partial charge in [0.25, 0.3) is 0 Å². The molecular formula is C21H24O2. The van der Waals surface area contributed by atoms with E-state index in [0.717, 1.165) is 61.5 Å². The van der Waals surface area contributed by atoms with Crippen LogP contribution in [0.3, 0.4) is 0 Å². The molecule has 0 saturated heterocycles. The highest BCUT2D eigenvalue weighted by Gasteiger charge is 2.12. The molecule has 1 aromatic carbocycles. The molecule has 0 N–H and O–H groups in total. The van der Waals surface area contributed by atoms with E-state index in [2.05, 4.69) is 30.6 Å². The molecule has 0 amide bonds. The van der Waals surface area contributed by atoms with Gasteiger partial charge in [0.1, 0.15) is 12.4 Å². The first-order valence-electron chi connectivity index (χ1n) is 8.28. The van der Waals surface area contributed by atoms with Gasteiger partial charge >= 0.3 is 0 Å². The Morgan fingerprint density at radius 2 is 2.09 bits per heavy atom. The van der Waals surface area contributed by atoms with Gasteiger partial charge in [0, 0.05) is 11.1 Å². The molecule has 0 spiro atoms. The maximum absolute atomic E-state index is 11.0. The molecule has 2 nitrogen and oxygen atoms in total. The molecule has 1 aliphatic rings. The van der Waals surface area contributed by atoms with Crippen LogP contribution in [0.5, 0.6) is 0 Å². The first-order valence-corrected chi connectivity index (χ1v) is 8.28. The minimum absolute atomic E-state index is 0.101. The van der Waals surface area contributed by atoms with Crippen molar-refractivity contribution < 1.29 is 9.53 Å². The topological polar surface area (TPSA) is 26.3 Å². The zero-order valence-corrected chi connectivity index (χ0v) is 13.6. The van der Waals surface area contributed by atoms with Crippen molar-refractivity contribution in [2.45, 2.75) is 51.2 Å². The van der Waals surface area contributed by atoms with Gasteiger partial charge in [-0.15, -0.1) is 6.58 Å². The number of allylic oxidation sites excluding steroid dienone is 3. The normalized spacial score (nSPS) is 15.0. The van der Waals surface area contributed by atoms with Gasteiger partial charge in [0.2, 0.25) is 0 Å². The van der Waals surface area contributed by atoms with Crippen LogP contribution in [0.15, 0.2) is 54.1 Å². The van der Waals surface area contributed by atoms with Crippen LogP contribution in [0.25, 0.3) is 0 Å². The van der Waals surface area contributed by atoms with Crippen molar-refractivity contribution in [3.8, 4) is 11.8 Å². The first-order chi connectivity index (χ1) is 11.3. The zero-order chi connectivity index (χ0) is 16.3. The van der Waals surface area contributed by atoms with Gasteiger partial charge < -0.3 is 4.74 Å². The molecule has 0 aromatic heterocycles. The third-order valence-electron chi connectivity index (χ3n) is 3.96. The second-order valence-electron chi connectivity index (χ2n) is 5.75. The van der Waals surface area contributed by atoms with Crippen molar-refractivity contribution in [1.29, 1.82) is 0 Å². The molecular weight excluding hydrogens is 284 g/mol. The average molecular weight is 308 g/mol. The van der Waals surface area contributed by atoms with Gasteiger partial charge in [-0.1, -0.05) is 48.2 Å². The number of hydrogen-bond donors (Lipinski definition) is 0. The highest BCUT2D eigenvalue weighted by Crippen LogP contribution is 2.23. The zero-order valence-electron chi connectivity index (χ0n) is 13.6. The summed E-state index contributed by atoms with van der Waals surface area (Å²) in [6.07, 6.45) is 8.45. The quantitative estimate of drug-likeness (QED) is 0.303. The Balaban J connectivity index is 1.99. The molecule has 0 heterocycles. The number of ether oxygens (including phenoxy) is 1. The molecule has 1 unspecified atom stereocenters. The largest absolute Gasteiger partial charge is 0.361 e. The number of hydrogen-bond acceptors (Lipinski definition) is 2. The molecule has 1 atom stereocenters. The molecule has 1 aromatic rings. The summed E-state index contributed by atoms with van der Waals surface area (Å²) in [6, 6.07) is 10.1. The van der Waals surface area contributed by atoms with E-state index in [1.165, 1.54) is 0 Å². The Kier molecular flexibility index (Phi) is 7.36. The van der Waals surface area contributed by atoms with Crippen molar-refractivity contribution >= 4 is 6.29 Å². The summed E-state index contributed by atoms with van der Waals surface area (Å²) in [5, 5.41) is 0. The summed E-state index contributed by atoms with van der Waals surface area (Å²) >= 11 is 0. The first kappa shape index (κ1) is 17.2. The fourth-order valence-electron chi connectivity index (χ4n) is 2.62. The molecule has 0 aliphatic heterocycles. The summed E-state index contributed by atoms with van der Waals surface area (Å²) in [7, 11) is 0. The van der Waals surface area contributed by atoms with Crippen molar-refractivity contribution in [2.24, 2.45) is 0 Å². The van der Waals surface area contributed by atoms with Gasteiger partial charge in [-0.25, -0.2) is 0 Å². The van der Waals surface area contributed by atoms with Crippen molar-refractivity contribution in [3.05, 3.63) is 59.7 Å². The molecule has 23 heavy (non-hydrogen) atoms. The van der Waals surface area contributed by atoms with Gasteiger partial charge in [0.05, 0.1) is 6.61 Å². The minimum atomic E-state index is -0.101. The number of rotatable bonds is 8. The smallest absolute Gasteiger partial charge is 0.146 e. The number of aldehydes is 1. The highest BCUT2D eigenvalue weighted by atomic mass is 16.5. The van der Waals surface area contributed by atoms with E-state index in [4.69, 9.17) is 4.74 Å². The Hall–Kier alpha value is -2.11. The Morgan fingerprint density at radius 3 is 2.83 bits per heavy atom. The van der Waals surface area contributed by atoms with E-state index in [1.54, 1.807) is 0 Å². The summed E-state index contributed by atoms with van der Waals surface area (Å²) in [5.41, 5.74) is 3.01. The van der Waals surface area contributed by atoms with Crippen molar-refractivity contribution in [1.82, 2.24) is 0 Å². The molecule has 0 saturated carbocycles. The fraction of sp³-hybridized carbons (Fsp3) is 0.381. The summed E-state index contributed by atoms with van der Waals surface area (Å²) in [5.74, 6) is 6.43. The molecule has 0 bridgehead atoms. The van der Waals surface area contributed by atoms with E-state index in [-0.39, 0.29) is 6.10 Å². The molecule has 2 rings (SSSR count). The van der Waals surface area contributed by atoms with E-state index in [9.17, 15) is 4.79 Å². The van der Waals surface area contributed by atoms with Gasteiger partial charge in [-0.2, -0.15) is 0 Å². The minimum Gasteiger partial charge on any atom is -0.361 e.